The van der Waals surface area contributed by atoms with Gasteiger partial charge in [0.1, 0.15) is 11.4 Å². The summed E-state index contributed by atoms with van der Waals surface area (Å²) in [5.41, 5.74) is 1.49. The number of nitrogens with one attached hydrogen (secondary N) is 1. The Morgan fingerprint density at radius 3 is 2.75 bits per heavy atom. The molecule has 106 valence electrons. The van der Waals surface area contributed by atoms with Crippen LogP contribution in [0.1, 0.15) is 17.1 Å². The van der Waals surface area contributed by atoms with Gasteiger partial charge in [0.2, 0.25) is 0 Å². The molecular weight excluding hydrogens is 266 g/mol. The Labute approximate surface area is 113 Å². The third kappa shape index (κ3) is 2.66. The van der Waals surface area contributed by atoms with Crippen LogP contribution in [0.15, 0.2) is 10.6 Å². The van der Waals surface area contributed by atoms with E-state index < -0.39 is 10.8 Å². The molecule has 2 heterocycles. The Morgan fingerprint density at radius 1 is 1.50 bits per heavy atom. The van der Waals surface area contributed by atoms with E-state index in [1.807, 2.05) is 0 Å². The molecule has 0 saturated heterocycles. The van der Waals surface area contributed by atoms with Crippen molar-refractivity contribution >= 4 is 17.4 Å². The summed E-state index contributed by atoms with van der Waals surface area (Å²) < 4.78 is 5.96. The van der Waals surface area contributed by atoms with Crippen molar-refractivity contribution < 1.29 is 14.2 Å². The first-order valence-corrected chi connectivity index (χ1v) is 5.80. The van der Waals surface area contributed by atoms with Gasteiger partial charge in [0, 0.05) is 0 Å². The van der Waals surface area contributed by atoms with Crippen LogP contribution in [0.2, 0.25) is 0 Å². The van der Waals surface area contributed by atoms with Crippen LogP contribution in [-0.4, -0.2) is 25.8 Å². The second kappa shape index (κ2) is 5.11. The van der Waals surface area contributed by atoms with Crippen molar-refractivity contribution in [3.8, 4) is 0 Å². The number of rotatable bonds is 4. The lowest BCUT2D eigenvalue weighted by atomic mass is 10.3. The summed E-state index contributed by atoms with van der Waals surface area (Å²) in [7, 11) is 0. The number of hydrogen-bond acceptors (Lipinski definition) is 6. The van der Waals surface area contributed by atoms with Crippen LogP contribution >= 0.6 is 0 Å². The molecule has 0 unspecified atom stereocenters. The van der Waals surface area contributed by atoms with Gasteiger partial charge in [-0.15, -0.1) is 4.68 Å². The molecule has 2 aromatic rings. The first kappa shape index (κ1) is 13.7. The molecule has 20 heavy (non-hydrogen) atoms. The smallest absolute Gasteiger partial charge is 0.345 e. The van der Waals surface area contributed by atoms with Crippen molar-refractivity contribution in [2.24, 2.45) is 0 Å². The fourth-order valence-electron chi connectivity index (χ4n) is 1.77. The van der Waals surface area contributed by atoms with E-state index >= 15 is 0 Å². The molecule has 0 radical (unpaired) electrons. The molecule has 1 amide bonds. The molecule has 0 fully saturated rings. The molecule has 0 aromatic carbocycles. The van der Waals surface area contributed by atoms with E-state index in [1.54, 1.807) is 20.8 Å². The van der Waals surface area contributed by atoms with Gasteiger partial charge in [-0.2, -0.15) is 0 Å². The average molecular weight is 279 g/mol. The van der Waals surface area contributed by atoms with Gasteiger partial charge in [-0.3, -0.25) is 4.79 Å². The molecule has 0 atom stereocenters. The summed E-state index contributed by atoms with van der Waals surface area (Å²) in [6.45, 7) is 4.71. The summed E-state index contributed by atoms with van der Waals surface area (Å²) in [4.78, 5) is 22.2. The van der Waals surface area contributed by atoms with Gasteiger partial charge in [0.05, 0.1) is 11.8 Å². The highest BCUT2D eigenvalue weighted by Gasteiger charge is 2.21. The molecule has 0 aliphatic carbocycles. The fourth-order valence-corrected chi connectivity index (χ4v) is 1.77. The van der Waals surface area contributed by atoms with E-state index in [0.29, 0.717) is 22.8 Å². The highest BCUT2D eigenvalue weighted by atomic mass is 16.6. The van der Waals surface area contributed by atoms with E-state index in [9.17, 15) is 14.9 Å². The molecule has 2 rings (SSSR count). The zero-order valence-electron chi connectivity index (χ0n) is 11.2. The van der Waals surface area contributed by atoms with Gasteiger partial charge >= 0.3 is 5.82 Å². The molecule has 9 heteroatoms. The van der Waals surface area contributed by atoms with Crippen molar-refractivity contribution in [1.82, 2.24) is 14.9 Å². The molecular formula is C11H13N5O4. The Kier molecular flexibility index (Phi) is 3.51. The van der Waals surface area contributed by atoms with Crippen molar-refractivity contribution in [3.63, 3.8) is 0 Å². The number of nitro groups is 1. The van der Waals surface area contributed by atoms with Crippen molar-refractivity contribution in [2.45, 2.75) is 27.3 Å². The number of nitrogens with zero attached hydrogens (tertiary/aromatic N) is 4. The monoisotopic (exact) mass is 279 g/mol. The van der Waals surface area contributed by atoms with Crippen LogP contribution in [0, 0.1) is 30.9 Å². The summed E-state index contributed by atoms with van der Waals surface area (Å²) in [6.07, 6.45) is 0. The minimum Gasteiger partial charge on any atom is -0.359 e. The highest BCUT2D eigenvalue weighted by Crippen LogP contribution is 2.19. The van der Waals surface area contributed by atoms with E-state index in [0.717, 1.165) is 4.68 Å². The average Bonchev–Trinajstić information content (AvgIpc) is 2.86. The number of aromatic nitrogens is 3. The first-order valence-electron chi connectivity index (χ1n) is 5.80. The van der Waals surface area contributed by atoms with E-state index in [1.165, 1.54) is 6.07 Å². The summed E-state index contributed by atoms with van der Waals surface area (Å²) in [6, 6.07) is 1.31. The second-order valence-electron chi connectivity index (χ2n) is 4.31. The first-order chi connectivity index (χ1) is 9.38. The largest absolute Gasteiger partial charge is 0.359 e. The molecule has 0 aliphatic rings. The van der Waals surface area contributed by atoms with Gasteiger partial charge in [-0.05, 0) is 25.7 Å². The lowest BCUT2D eigenvalue weighted by Gasteiger charge is -2.02. The Bertz CT molecular complexity index is 653. The normalized spacial score (nSPS) is 10.6. The summed E-state index contributed by atoms with van der Waals surface area (Å²) in [5, 5.41) is 21.1. The van der Waals surface area contributed by atoms with Gasteiger partial charge in [-0.1, -0.05) is 10.3 Å². The quantitative estimate of drug-likeness (QED) is 0.666. The highest BCUT2D eigenvalue weighted by molar-refractivity contribution is 5.91. The summed E-state index contributed by atoms with van der Waals surface area (Å²) >= 11 is 0. The third-order valence-corrected chi connectivity index (χ3v) is 2.66. The van der Waals surface area contributed by atoms with Gasteiger partial charge < -0.3 is 20.0 Å². The van der Waals surface area contributed by atoms with Crippen LogP contribution in [0.4, 0.5) is 11.5 Å². The molecule has 2 aromatic heterocycles. The Balaban J connectivity index is 2.15. The predicted octanol–water partition coefficient (Wildman–Crippen LogP) is 1.34. The van der Waals surface area contributed by atoms with Crippen molar-refractivity contribution in [2.75, 3.05) is 5.32 Å². The molecule has 0 saturated carbocycles. The number of carbonyl (C=O) groups excluding carboxylic acids is 1. The van der Waals surface area contributed by atoms with E-state index in [-0.39, 0.29) is 12.4 Å². The van der Waals surface area contributed by atoms with Gasteiger partial charge in [0.15, 0.2) is 12.3 Å². The molecule has 0 bridgehead atoms. The van der Waals surface area contributed by atoms with E-state index in [2.05, 4.69) is 15.6 Å². The number of carbonyl (C=O) groups is 1. The van der Waals surface area contributed by atoms with Crippen molar-refractivity contribution in [1.29, 1.82) is 0 Å². The third-order valence-electron chi connectivity index (χ3n) is 2.66. The zero-order valence-corrected chi connectivity index (χ0v) is 11.2. The van der Waals surface area contributed by atoms with Gasteiger partial charge in [-0.25, -0.2) is 0 Å². The van der Waals surface area contributed by atoms with Crippen LogP contribution in [0.5, 0.6) is 0 Å². The van der Waals surface area contributed by atoms with Crippen LogP contribution in [0.3, 0.4) is 0 Å². The van der Waals surface area contributed by atoms with Gasteiger partial charge in [0.25, 0.3) is 5.91 Å². The number of hydrogen-bond donors (Lipinski definition) is 1. The number of anilines is 1. The number of amides is 1. The van der Waals surface area contributed by atoms with Crippen molar-refractivity contribution in [3.05, 3.63) is 33.3 Å². The SMILES string of the molecule is Cc1cc([N+](=O)[O-])n(CC(=O)Nc2c(C)noc2C)n1. The lowest BCUT2D eigenvalue weighted by molar-refractivity contribution is -0.392. The molecule has 9 nitrogen and oxygen atoms in total. The standard InChI is InChI=1S/C11H13N5O4/c1-6-4-10(16(18)19)15(13-6)5-9(17)12-11-7(2)14-20-8(11)3/h4H,5H2,1-3H3,(H,12,17). The van der Waals surface area contributed by atoms with E-state index in [4.69, 9.17) is 4.52 Å². The topological polar surface area (TPSA) is 116 Å². The van der Waals surface area contributed by atoms with Crippen LogP contribution < -0.4 is 5.32 Å². The molecule has 0 spiro atoms. The minimum atomic E-state index is -0.580. The maximum absolute atomic E-state index is 11.9. The Hall–Kier alpha value is -2.71. The predicted molar refractivity (Wildman–Crippen MR) is 68.2 cm³/mol. The number of aryl methyl sites for hydroxylation is 3. The second-order valence-corrected chi connectivity index (χ2v) is 4.31. The van der Waals surface area contributed by atoms with Crippen LogP contribution in [-0.2, 0) is 11.3 Å². The van der Waals surface area contributed by atoms with Crippen LogP contribution in [0.25, 0.3) is 0 Å². The Morgan fingerprint density at radius 2 is 2.20 bits per heavy atom. The molecule has 1 N–H and O–H groups in total. The molecule has 0 aliphatic heterocycles. The minimum absolute atomic E-state index is 0.226. The lowest BCUT2D eigenvalue weighted by Crippen LogP contribution is -2.21. The maximum Gasteiger partial charge on any atom is 0.345 e. The summed E-state index contributed by atoms with van der Waals surface area (Å²) in [5.74, 6) is -0.191. The zero-order chi connectivity index (χ0) is 14.9. The fraction of sp³-hybridized carbons (Fsp3) is 0.364. The maximum atomic E-state index is 11.9.